The molecular formula is C31H38N4O3. The van der Waals surface area contributed by atoms with Crippen molar-refractivity contribution in [1.82, 2.24) is 0 Å². The van der Waals surface area contributed by atoms with E-state index in [1.165, 1.54) is 6.21 Å². The van der Waals surface area contributed by atoms with Crippen LogP contribution in [-0.2, 0) is 9.53 Å². The third kappa shape index (κ3) is 8.15. The molecule has 0 radical (unpaired) electrons. The van der Waals surface area contributed by atoms with Crippen molar-refractivity contribution in [3.63, 3.8) is 0 Å². The lowest BCUT2D eigenvalue weighted by atomic mass is 9.93. The summed E-state index contributed by atoms with van der Waals surface area (Å²) >= 11 is 0. The Morgan fingerprint density at radius 1 is 1.11 bits per heavy atom. The molecule has 7 nitrogen and oxygen atoms in total. The van der Waals surface area contributed by atoms with Gasteiger partial charge in [-0.2, -0.15) is 0 Å². The highest BCUT2D eigenvalue weighted by Gasteiger charge is 2.19. The van der Waals surface area contributed by atoms with Crippen LogP contribution in [0.25, 0.3) is 5.70 Å². The second kappa shape index (κ2) is 14.3. The molecule has 1 unspecified atom stereocenters. The van der Waals surface area contributed by atoms with E-state index in [1.54, 1.807) is 6.07 Å². The van der Waals surface area contributed by atoms with Crippen LogP contribution in [0, 0.1) is 11.3 Å². The number of anilines is 2. The fourth-order valence-electron chi connectivity index (χ4n) is 4.67. The van der Waals surface area contributed by atoms with Crippen LogP contribution in [0.5, 0.6) is 5.75 Å². The van der Waals surface area contributed by atoms with E-state index >= 15 is 0 Å². The molecule has 2 heterocycles. The maximum absolute atomic E-state index is 12.9. The first-order valence-electron chi connectivity index (χ1n) is 13.6. The zero-order valence-corrected chi connectivity index (χ0v) is 22.0. The first-order valence-corrected chi connectivity index (χ1v) is 13.6. The van der Waals surface area contributed by atoms with Gasteiger partial charge < -0.3 is 25.9 Å². The number of hydrogen-bond acceptors (Lipinski definition) is 7. The maximum Gasteiger partial charge on any atom is 0.173 e. The Morgan fingerprint density at radius 3 is 2.87 bits per heavy atom. The van der Waals surface area contributed by atoms with Gasteiger partial charge >= 0.3 is 0 Å². The number of amidine groups is 1. The molecule has 0 aromatic heterocycles. The summed E-state index contributed by atoms with van der Waals surface area (Å²) in [6.45, 7) is 1.61. The molecule has 1 saturated heterocycles. The molecule has 7 heteroatoms. The van der Waals surface area contributed by atoms with Crippen molar-refractivity contribution >= 4 is 34.9 Å². The van der Waals surface area contributed by atoms with Gasteiger partial charge in [0.2, 0.25) is 0 Å². The summed E-state index contributed by atoms with van der Waals surface area (Å²) in [6, 6.07) is 13.3. The molecule has 4 rings (SSSR count). The summed E-state index contributed by atoms with van der Waals surface area (Å²) in [5.74, 6) is 1.58. The lowest BCUT2D eigenvalue weighted by Gasteiger charge is -2.15. The Labute approximate surface area is 225 Å². The highest BCUT2D eigenvalue weighted by atomic mass is 16.5. The van der Waals surface area contributed by atoms with Crippen LogP contribution in [0.4, 0.5) is 11.4 Å². The maximum atomic E-state index is 12.9. The number of ketones is 1. The second-order valence-corrected chi connectivity index (χ2v) is 9.76. The lowest BCUT2D eigenvalue weighted by molar-refractivity contribution is -0.125. The molecule has 2 aliphatic rings. The van der Waals surface area contributed by atoms with Crippen molar-refractivity contribution < 1.29 is 14.3 Å². The van der Waals surface area contributed by atoms with E-state index < -0.39 is 0 Å². The quantitative estimate of drug-likeness (QED) is 0.292. The standard InChI is InChI=1S/C31H38N4O3/c32-21-25-19-26(15-16-28(25)33)34-31-14-4-2-1-3-13-29(35-31)24-10-7-12-27(20-24)38-22-30(36)23-9-5-6-17-37-18-8-11-23/h4,7,10,12-16,19-21,23,32H,1-3,5-6,8-9,11,17-18,22,33H2,(H,34,35). The molecule has 2 aromatic rings. The van der Waals surface area contributed by atoms with E-state index in [-0.39, 0.29) is 18.3 Å². The van der Waals surface area contributed by atoms with Gasteiger partial charge in [-0.3, -0.25) is 4.79 Å². The van der Waals surface area contributed by atoms with E-state index in [4.69, 9.17) is 25.6 Å². The Morgan fingerprint density at radius 2 is 1.97 bits per heavy atom. The number of allylic oxidation sites excluding steroid dienone is 2. The summed E-state index contributed by atoms with van der Waals surface area (Å²) in [7, 11) is 0. The molecule has 2 aromatic carbocycles. The summed E-state index contributed by atoms with van der Waals surface area (Å²) in [5.41, 5.74) is 9.75. The topological polar surface area (TPSA) is 110 Å². The zero-order chi connectivity index (χ0) is 26.6. The normalized spacial score (nSPS) is 18.8. The largest absolute Gasteiger partial charge is 0.486 e. The number of benzene rings is 2. The molecule has 0 aliphatic carbocycles. The summed E-state index contributed by atoms with van der Waals surface area (Å²) in [6.07, 6.45) is 15.1. The molecule has 0 saturated carbocycles. The minimum atomic E-state index is 0.0449. The molecule has 2 aliphatic heterocycles. The van der Waals surface area contributed by atoms with Crippen molar-refractivity contribution in [2.45, 2.75) is 51.4 Å². The van der Waals surface area contributed by atoms with Crippen LogP contribution in [0.1, 0.15) is 62.5 Å². The van der Waals surface area contributed by atoms with Crippen LogP contribution in [-0.4, -0.2) is 37.7 Å². The van der Waals surface area contributed by atoms with Crippen molar-refractivity contribution in [1.29, 1.82) is 5.41 Å². The number of carbonyl (C=O) groups excluding carboxylic acids is 1. The van der Waals surface area contributed by atoms with Crippen LogP contribution < -0.4 is 15.8 Å². The summed E-state index contributed by atoms with van der Waals surface area (Å²) < 4.78 is 11.6. The van der Waals surface area contributed by atoms with Gasteiger partial charge in [-0.1, -0.05) is 30.7 Å². The number of nitrogens with two attached hydrogens (primary N) is 1. The Hall–Kier alpha value is -3.71. The number of nitrogens with one attached hydrogen (secondary N) is 2. The fourth-order valence-corrected chi connectivity index (χ4v) is 4.67. The molecule has 0 amide bonds. The predicted octanol–water partition coefficient (Wildman–Crippen LogP) is 6.40. The van der Waals surface area contributed by atoms with Gasteiger partial charge in [0.25, 0.3) is 0 Å². The van der Waals surface area contributed by atoms with Gasteiger partial charge in [0, 0.05) is 47.8 Å². The lowest BCUT2D eigenvalue weighted by Crippen LogP contribution is -2.22. The van der Waals surface area contributed by atoms with Gasteiger partial charge in [-0.15, -0.1) is 0 Å². The van der Waals surface area contributed by atoms with Gasteiger partial charge in [0.15, 0.2) is 5.78 Å². The van der Waals surface area contributed by atoms with Gasteiger partial charge in [0.05, 0.1) is 5.70 Å². The van der Waals surface area contributed by atoms with Crippen molar-refractivity contribution in [3.05, 3.63) is 71.8 Å². The van der Waals surface area contributed by atoms with Gasteiger partial charge in [-0.25, -0.2) is 4.99 Å². The number of aliphatic imine (C=N–C) groups is 1. The summed E-state index contributed by atoms with van der Waals surface area (Å²) in [5, 5.41) is 10.9. The molecular weight excluding hydrogens is 476 g/mol. The SMILES string of the molecule is N=Cc1cc(NC2=NC(c3cccc(OCC(=O)C4CCCCOCCC4)c3)=CCCCC=C2)ccc1N. The van der Waals surface area contributed by atoms with Gasteiger partial charge in [-0.05, 0) is 81.4 Å². The van der Waals surface area contributed by atoms with Gasteiger partial charge in [0.1, 0.15) is 18.2 Å². The van der Waals surface area contributed by atoms with Crippen molar-refractivity contribution in [2.24, 2.45) is 10.9 Å². The zero-order valence-electron chi connectivity index (χ0n) is 22.0. The second-order valence-electron chi connectivity index (χ2n) is 9.76. The first kappa shape index (κ1) is 27.3. The molecule has 0 spiro atoms. The average molecular weight is 515 g/mol. The highest BCUT2D eigenvalue weighted by Crippen LogP contribution is 2.25. The van der Waals surface area contributed by atoms with Crippen LogP contribution in [0.2, 0.25) is 0 Å². The Balaban J connectivity index is 1.47. The third-order valence-electron chi connectivity index (χ3n) is 6.84. The molecule has 38 heavy (non-hydrogen) atoms. The van der Waals surface area contributed by atoms with Crippen LogP contribution >= 0.6 is 0 Å². The molecule has 200 valence electrons. The summed E-state index contributed by atoms with van der Waals surface area (Å²) in [4.78, 5) is 17.8. The number of carbonyl (C=O) groups is 1. The molecule has 4 N–H and O–H groups in total. The number of rotatable bonds is 7. The number of Topliss-reactive ketones (excluding diaryl/α,β-unsaturated/α-hetero) is 1. The molecule has 0 bridgehead atoms. The number of hydrogen-bond donors (Lipinski definition) is 3. The highest BCUT2D eigenvalue weighted by molar-refractivity contribution is 6.06. The van der Waals surface area contributed by atoms with E-state index in [0.29, 0.717) is 22.8 Å². The number of nitrogen functional groups attached to an aromatic ring is 1. The van der Waals surface area contributed by atoms with Crippen LogP contribution in [0.3, 0.4) is 0 Å². The monoisotopic (exact) mass is 514 g/mol. The molecule has 1 atom stereocenters. The van der Waals surface area contributed by atoms with E-state index in [9.17, 15) is 4.79 Å². The smallest absolute Gasteiger partial charge is 0.173 e. The Kier molecular flexibility index (Phi) is 10.3. The van der Waals surface area contributed by atoms with E-state index in [1.807, 2.05) is 42.5 Å². The average Bonchev–Trinajstić information content (AvgIpc) is 3.15. The minimum absolute atomic E-state index is 0.0449. The minimum Gasteiger partial charge on any atom is -0.486 e. The van der Waals surface area contributed by atoms with E-state index in [2.05, 4.69) is 17.5 Å². The fraction of sp³-hybridized carbons (Fsp3) is 0.387. The first-order chi connectivity index (χ1) is 18.6. The number of nitrogens with zero attached hydrogens (tertiary/aromatic N) is 1. The molecule has 1 fully saturated rings. The van der Waals surface area contributed by atoms with Crippen molar-refractivity contribution in [3.8, 4) is 5.75 Å². The van der Waals surface area contributed by atoms with E-state index in [0.717, 1.165) is 81.5 Å². The predicted molar refractivity (Wildman–Crippen MR) is 155 cm³/mol. The number of ether oxygens (including phenoxy) is 2. The third-order valence-corrected chi connectivity index (χ3v) is 6.84. The van der Waals surface area contributed by atoms with Crippen molar-refractivity contribution in [2.75, 3.05) is 30.9 Å². The Bertz CT molecular complexity index is 1190. The van der Waals surface area contributed by atoms with Crippen LogP contribution in [0.15, 0.2) is 65.7 Å².